The lowest BCUT2D eigenvalue weighted by atomic mass is 10.5. The molecule has 88 valence electrons. The first-order valence-corrected chi connectivity index (χ1v) is 3.72. The molecule has 0 unspecified atom stereocenters. The Kier molecular flexibility index (Phi) is 5.45. The van der Waals surface area contributed by atoms with E-state index in [1.807, 2.05) is 0 Å². The number of hydrogen-bond acceptors (Lipinski definition) is 4. The average molecular weight is 229 g/mol. The van der Waals surface area contributed by atoms with E-state index in [1.54, 1.807) is 0 Å². The van der Waals surface area contributed by atoms with Gasteiger partial charge in [-0.1, -0.05) is 5.16 Å². The van der Waals surface area contributed by atoms with E-state index in [-0.39, 0.29) is 12.4 Å². The van der Waals surface area contributed by atoms with Crippen LogP contribution in [0, 0.1) is 0 Å². The van der Waals surface area contributed by atoms with Crippen LogP contribution in [0.4, 0.5) is 13.2 Å². The molecule has 0 aromatic heterocycles. The summed E-state index contributed by atoms with van der Waals surface area (Å²) in [6.45, 7) is -2.49. The van der Waals surface area contributed by atoms with E-state index in [2.05, 4.69) is 15.2 Å². The topological polar surface area (TPSA) is 96.9 Å². The van der Waals surface area contributed by atoms with E-state index in [0.29, 0.717) is 0 Å². The highest BCUT2D eigenvalue weighted by molar-refractivity contribution is 5.87. The van der Waals surface area contributed by atoms with Gasteiger partial charge in [-0.05, 0) is 0 Å². The Morgan fingerprint density at radius 3 is 2.60 bits per heavy atom. The molecule has 0 saturated heterocycles. The molecule has 0 heterocycles. The highest BCUT2D eigenvalue weighted by atomic mass is 19.4. The van der Waals surface area contributed by atoms with Gasteiger partial charge >= 0.3 is 6.18 Å². The molecule has 0 aliphatic carbocycles. The molecule has 0 saturated carbocycles. The molecule has 0 aromatic carbocycles. The number of hydrogen-bond donors (Lipinski definition) is 3. The van der Waals surface area contributed by atoms with Crippen molar-refractivity contribution in [3.8, 4) is 0 Å². The SMILES string of the molecule is NC(CNC(=O)COCC(F)(F)F)=NO. The fourth-order valence-corrected chi connectivity index (χ4v) is 0.535. The number of nitrogens with one attached hydrogen (secondary N) is 1. The summed E-state index contributed by atoms with van der Waals surface area (Å²) in [7, 11) is 0. The minimum atomic E-state index is -4.47. The second-order valence-corrected chi connectivity index (χ2v) is 2.48. The van der Waals surface area contributed by atoms with E-state index < -0.39 is 25.3 Å². The smallest absolute Gasteiger partial charge is 0.409 e. The molecule has 9 heteroatoms. The van der Waals surface area contributed by atoms with E-state index in [1.165, 1.54) is 0 Å². The highest BCUT2D eigenvalue weighted by Gasteiger charge is 2.27. The largest absolute Gasteiger partial charge is 0.411 e. The summed E-state index contributed by atoms with van der Waals surface area (Å²) in [4.78, 5) is 10.8. The van der Waals surface area contributed by atoms with Crippen LogP contribution in [0.3, 0.4) is 0 Å². The summed E-state index contributed by atoms with van der Waals surface area (Å²) in [6, 6.07) is 0. The number of halogens is 3. The van der Waals surface area contributed by atoms with Crippen molar-refractivity contribution in [2.24, 2.45) is 10.9 Å². The second-order valence-electron chi connectivity index (χ2n) is 2.48. The Bertz CT molecular complexity index is 242. The third kappa shape index (κ3) is 8.81. The molecule has 0 aliphatic heterocycles. The van der Waals surface area contributed by atoms with Crippen LogP contribution in [0.15, 0.2) is 5.16 Å². The highest BCUT2D eigenvalue weighted by Crippen LogP contribution is 2.13. The molecule has 0 radical (unpaired) electrons. The Balaban J connectivity index is 3.59. The zero-order chi connectivity index (χ0) is 11.9. The number of rotatable bonds is 5. The molecular weight excluding hydrogens is 219 g/mol. The second kappa shape index (κ2) is 6.06. The fraction of sp³-hybridized carbons (Fsp3) is 0.667. The maximum absolute atomic E-state index is 11.5. The monoisotopic (exact) mass is 229 g/mol. The van der Waals surface area contributed by atoms with E-state index >= 15 is 0 Å². The van der Waals surface area contributed by atoms with Crippen LogP contribution in [-0.4, -0.2) is 42.9 Å². The molecule has 0 aromatic rings. The van der Waals surface area contributed by atoms with Crippen LogP contribution in [0.1, 0.15) is 0 Å². The van der Waals surface area contributed by atoms with Gasteiger partial charge in [0.25, 0.3) is 0 Å². The van der Waals surface area contributed by atoms with E-state index in [4.69, 9.17) is 10.9 Å². The lowest BCUT2D eigenvalue weighted by molar-refractivity contribution is -0.175. The molecule has 0 atom stereocenters. The minimum absolute atomic E-state index is 0.259. The summed E-state index contributed by atoms with van der Waals surface area (Å²) < 4.78 is 38.7. The Hall–Kier alpha value is -1.51. The number of carbonyl (C=O) groups excluding carboxylic acids is 1. The molecule has 6 nitrogen and oxygen atoms in total. The van der Waals surface area contributed by atoms with Crippen molar-refractivity contribution >= 4 is 11.7 Å². The van der Waals surface area contributed by atoms with Crippen LogP contribution >= 0.6 is 0 Å². The van der Waals surface area contributed by atoms with Gasteiger partial charge in [-0.2, -0.15) is 13.2 Å². The number of oxime groups is 1. The van der Waals surface area contributed by atoms with Gasteiger partial charge in [-0.15, -0.1) is 0 Å². The van der Waals surface area contributed by atoms with Crippen LogP contribution in [0.25, 0.3) is 0 Å². The normalized spacial score (nSPS) is 12.6. The quantitative estimate of drug-likeness (QED) is 0.254. The molecule has 0 fully saturated rings. The van der Waals surface area contributed by atoms with Crippen LogP contribution < -0.4 is 11.1 Å². The van der Waals surface area contributed by atoms with Gasteiger partial charge in [-0.25, -0.2) is 0 Å². The molecule has 4 N–H and O–H groups in total. The summed E-state index contributed by atoms with van der Waals surface area (Å²) in [5.41, 5.74) is 4.98. The predicted molar refractivity (Wildman–Crippen MR) is 43.3 cm³/mol. The van der Waals surface area contributed by atoms with Gasteiger partial charge in [0.1, 0.15) is 13.2 Å². The lowest BCUT2D eigenvalue weighted by Crippen LogP contribution is -2.36. The van der Waals surface area contributed by atoms with Crippen molar-refractivity contribution in [2.45, 2.75) is 6.18 Å². The molecule has 0 spiro atoms. The van der Waals surface area contributed by atoms with Crippen molar-refractivity contribution in [1.29, 1.82) is 0 Å². The van der Waals surface area contributed by atoms with Gasteiger partial charge in [-0.3, -0.25) is 4.79 Å². The van der Waals surface area contributed by atoms with Crippen LogP contribution in [0.2, 0.25) is 0 Å². The van der Waals surface area contributed by atoms with Crippen molar-refractivity contribution in [2.75, 3.05) is 19.8 Å². The van der Waals surface area contributed by atoms with Crippen molar-refractivity contribution < 1.29 is 27.9 Å². The summed E-state index contributed by atoms with van der Waals surface area (Å²) >= 11 is 0. The fourth-order valence-electron chi connectivity index (χ4n) is 0.535. The molecule has 15 heavy (non-hydrogen) atoms. The van der Waals surface area contributed by atoms with Gasteiger partial charge < -0.3 is 21.0 Å². The van der Waals surface area contributed by atoms with Crippen molar-refractivity contribution in [1.82, 2.24) is 5.32 Å². The Morgan fingerprint density at radius 2 is 2.13 bits per heavy atom. The number of carbonyl (C=O) groups is 1. The first-order valence-electron chi connectivity index (χ1n) is 3.72. The van der Waals surface area contributed by atoms with Crippen molar-refractivity contribution in [3.63, 3.8) is 0 Å². The van der Waals surface area contributed by atoms with E-state index in [9.17, 15) is 18.0 Å². The van der Waals surface area contributed by atoms with Crippen LogP contribution in [-0.2, 0) is 9.53 Å². The third-order valence-electron chi connectivity index (χ3n) is 1.09. The maximum atomic E-state index is 11.5. The molecule has 0 rings (SSSR count). The zero-order valence-corrected chi connectivity index (χ0v) is 7.54. The average Bonchev–Trinajstić information content (AvgIpc) is 2.12. The molecular formula is C6H10F3N3O3. The van der Waals surface area contributed by atoms with Gasteiger partial charge in [0.05, 0.1) is 6.54 Å². The lowest BCUT2D eigenvalue weighted by Gasteiger charge is -2.07. The Morgan fingerprint density at radius 1 is 1.53 bits per heavy atom. The predicted octanol–water partition coefficient (Wildman–Crippen LogP) is -0.572. The van der Waals surface area contributed by atoms with Gasteiger partial charge in [0.15, 0.2) is 5.84 Å². The zero-order valence-electron chi connectivity index (χ0n) is 7.54. The number of nitrogens with two attached hydrogens (primary N) is 1. The first-order chi connectivity index (χ1) is 6.85. The minimum Gasteiger partial charge on any atom is -0.409 e. The van der Waals surface area contributed by atoms with Crippen LogP contribution in [0.5, 0.6) is 0 Å². The number of alkyl halides is 3. The number of ether oxygens (including phenoxy) is 1. The molecule has 1 amide bonds. The van der Waals surface area contributed by atoms with E-state index in [0.717, 1.165) is 0 Å². The number of amidine groups is 1. The Labute approximate surface area is 82.9 Å². The molecule has 0 aliphatic rings. The van der Waals surface area contributed by atoms with Gasteiger partial charge in [0, 0.05) is 0 Å². The summed E-state index contributed by atoms with van der Waals surface area (Å²) in [6.07, 6.45) is -4.47. The summed E-state index contributed by atoms with van der Waals surface area (Å²) in [5, 5.41) is 12.7. The number of amides is 1. The molecule has 0 bridgehead atoms. The number of nitrogens with zero attached hydrogens (tertiary/aromatic N) is 1. The standard InChI is InChI=1S/C6H10F3N3O3/c7-6(8,9)3-15-2-5(13)11-1-4(10)12-14/h14H,1-3H2,(H2,10,12)(H,11,13). The van der Waals surface area contributed by atoms with Gasteiger partial charge in [0.2, 0.25) is 5.91 Å². The van der Waals surface area contributed by atoms with Crippen molar-refractivity contribution in [3.05, 3.63) is 0 Å². The third-order valence-corrected chi connectivity index (χ3v) is 1.09. The first kappa shape index (κ1) is 13.5. The maximum Gasteiger partial charge on any atom is 0.411 e. The summed E-state index contributed by atoms with van der Waals surface area (Å²) in [5.74, 6) is -1.05.